The summed E-state index contributed by atoms with van der Waals surface area (Å²) >= 11 is 0. The highest BCUT2D eigenvalue weighted by molar-refractivity contribution is 5.85. The molecule has 52 valence electrons. The van der Waals surface area contributed by atoms with Gasteiger partial charge in [0.15, 0.2) is 0 Å². The molecule has 0 aromatic heterocycles. The number of halogens is 1. The van der Waals surface area contributed by atoms with Crippen molar-refractivity contribution in [2.45, 2.75) is 13.1 Å². The van der Waals surface area contributed by atoms with Crippen LogP contribution >= 0.6 is 12.4 Å². The van der Waals surface area contributed by atoms with E-state index in [1.165, 1.54) is 6.92 Å². The van der Waals surface area contributed by atoms with Gasteiger partial charge >= 0.3 is 0 Å². The molecule has 0 bridgehead atoms. The molecule has 9 heavy (non-hydrogen) atoms. The minimum Gasteiger partial charge on any atom is -0.331 e. The van der Waals surface area contributed by atoms with Gasteiger partial charge in [-0.2, -0.15) is 0 Å². The molecule has 0 spiro atoms. The van der Waals surface area contributed by atoms with Crippen LogP contribution in [0.15, 0.2) is 0 Å². The van der Waals surface area contributed by atoms with Crippen LogP contribution in [0, 0.1) is 12.3 Å². The fourth-order valence-electron chi connectivity index (χ4n) is 0.261. The third-order valence-electron chi connectivity index (χ3n) is 0.538. The summed E-state index contributed by atoms with van der Waals surface area (Å²) in [6, 6.07) is 0. The Morgan fingerprint density at radius 1 is 1.89 bits per heavy atom. The van der Waals surface area contributed by atoms with Crippen molar-refractivity contribution >= 4 is 18.3 Å². The van der Waals surface area contributed by atoms with E-state index in [1.54, 1.807) is 0 Å². The molecule has 0 fully saturated rings. The van der Waals surface area contributed by atoms with E-state index in [-0.39, 0.29) is 18.3 Å². The van der Waals surface area contributed by atoms with Crippen LogP contribution in [0.4, 0.5) is 0 Å². The second-order valence-corrected chi connectivity index (χ2v) is 1.34. The van der Waals surface area contributed by atoms with Gasteiger partial charge in [0.25, 0.3) is 0 Å². The summed E-state index contributed by atoms with van der Waals surface area (Å²) in [7, 11) is 0. The molecule has 0 heterocycles. The van der Waals surface area contributed by atoms with Gasteiger partial charge in [-0.3, -0.25) is 4.79 Å². The summed E-state index contributed by atoms with van der Waals surface area (Å²) in [4.78, 5) is 10.1. The number of hydrogen-bond acceptors (Lipinski definition) is 2. The molecule has 0 aromatic carbocycles. The predicted molar refractivity (Wildman–Crippen MR) is 37.9 cm³/mol. The van der Waals surface area contributed by atoms with Gasteiger partial charge in [0.1, 0.15) is 6.17 Å². The lowest BCUT2D eigenvalue weighted by Gasteiger charge is -2.01. The van der Waals surface area contributed by atoms with Crippen molar-refractivity contribution < 1.29 is 4.79 Å². The molecule has 4 heteroatoms. The summed E-state index contributed by atoms with van der Waals surface area (Å²) in [5.74, 6) is 1.93. The first-order valence-electron chi connectivity index (χ1n) is 2.15. The maximum atomic E-state index is 10.1. The molecule has 0 saturated heterocycles. The van der Waals surface area contributed by atoms with Crippen LogP contribution in [0.1, 0.15) is 6.92 Å². The SMILES string of the molecule is C#CC(N)NC(C)=O.Cl. The van der Waals surface area contributed by atoms with E-state index in [9.17, 15) is 4.79 Å². The van der Waals surface area contributed by atoms with Gasteiger partial charge in [0.2, 0.25) is 5.91 Å². The third kappa shape index (κ3) is 7.28. The monoisotopic (exact) mass is 148 g/mol. The summed E-state index contributed by atoms with van der Waals surface area (Å²) in [5, 5.41) is 2.30. The van der Waals surface area contributed by atoms with Crippen molar-refractivity contribution in [1.82, 2.24) is 5.32 Å². The van der Waals surface area contributed by atoms with Crippen LogP contribution in [-0.4, -0.2) is 12.1 Å². The standard InChI is InChI=1S/C5H8N2O.ClH/c1-3-5(6)7-4(2)8;/h1,5H,6H2,2H3,(H,7,8);1H. The number of terminal acetylenes is 1. The Labute approximate surface area is 60.4 Å². The molecule has 0 radical (unpaired) electrons. The molecule has 1 atom stereocenters. The second-order valence-electron chi connectivity index (χ2n) is 1.34. The van der Waals surface area contributed by atoms with E-state index >= 15 is 0 Å². The van der Waals surface area contributed by atoms with E-state index in [1.807, 2.05) is 0 Å². The van der Waals surface area contributed by atoms with Gasteiger partial charge in [-0.05, 0) is 0 Å². The van der Waals surface area contributed by atoms with Gasteiger partial charge in [-0.15, -0.1) is 18.8 Å². The summed E-state index contributed by atoms with van der Waals surface area (Å²) in [6.07, 6.45) is 4.18. The first-order chi connectivity index (χ1) is 3.66. The number of hydrogen-bond donors (Lipinski definition) is 2. The van der Waals surface area contributed by atoms with Crippen LogP contribution in [0.5, 0.6) is 0 Å². The van der Waals surface area contributed by atoms with Crippen LogP contribution in [0.3, 0.4) is 0 Å². The molecule has 0 aliphatic rings. The van der Waals surface area contributed by atoms with E-state index < -0.39 is 6.17 Å². The van der Waals surface area contributed by atoms with Gasteiger partial charge in [0.05, 0.1) is 0 Å². The Bertz CT molecular complexity index is 129. The maximum Gasteiger partial charge on any atom is 0.218 e. The molecule has 3 nitrogen and oxygen atoms in total. The van der Waals surface area contributed by atoms with E-state index in [4.69, 9.17) is 12.2 Å². The zero-order chi connectivity index (χ0) is 6.57. The average Bonchev–Trinajstić information content (AvgIpc) is 1.65. The zero-order valence-corrected chi connectivity index (χ0v) is 5.87. The number of rotatable bonds is 1. The lowest BCUT2D eigenvalue weighted by Crippen LogP contribution is -2.38. The molecule has 0 aliphatic carbocycles. The molecule has 3 N–H and O–H groups in total. The van der Waals surface area contributed by atoms with Crippen molar-refractivity contribution in [3.63, 3.8) is 0 Å². The van der Waals surface area contributed by atoms with Crippen molar-refractivity contribution in [3.05, 3.63) is 0 Å². The highest BCUT2D eigenvalue weighted by Crippen LogP contribution is 1.64. The van der Waals surface area contributed by atoms with Gasteiger partial charge in [-0.25, -0.2) is 0 Å². The Kier molecular flexibility index (Phi) is 6.70. The van der Waals surface area contributed by atoms with Crippen molar-refractivity contribution in [1.29, 1.82) is 0 Å². The summed E-state index contributed by atoms with van der Waals surface area (Å²) in [6.45, 7) is 1.36. The van der Waals surface area contributed by atoms with Crippen molar-refractivity contribution in [2.24, 2.45) is 5.73 Å². The number of nitrogens with one attached hydrogen (secondary N) is 1. The molecule has 0 aromatic rings. The Morgan fingerprint density at radius 3 is 2.44 bits per heavy atom. The van der Waals surface area contributed by atoms with Gasteiger partial charge < -0.3 is 11.1 Å². The molecular formula is C5H9ClN2O. The lowest BCUT2D eigenvalue weighted by molar-refractivity contribution is -0.119. The molecule has 1 unspecified atom stereocenters. The molecule has 1 amide bonds. The minimum atomic E-state index is -0.646. The first-order valence-corrected chi connectivity index (χ1v) is 2.15. The first kappa shape index (κ1) is 11.1. The average molecular weight is 149 g/mol. The van der Waals surface area contributed by atoms with Gasteiger partial charge in [0, 0.05) is 6.92 Å². The molecular weight excluding hydrogens is 140 g/mol. The van der Waals surface area contributed by atoms with E-state index in [2.05, 4.69) is 11.2 Å². The second kappa shape index (κ2) is 5.42. The summed E-state index contributed by atoms with van der Waals surface area (Å²) in [5.41, 5.74) is 5.11. The summed E-state index contributed by atoms with van der Waals surface area (Å²) < 4.78 is 0. The van der Waals surface area contributed by atoms with Crippen LogP contribution in [-0.2, 0) is 4.79 Å². The number of carbonyl (C=O) groups is 1. The molecule has 0 rings (SSSR count). The normalized spacial score (nSPS) is 10.3. The fourth-order valence-corrected chi connectivity index (χ4v) is 0.261. The topological polar surface area (TPSA) is 55.1 Å². The third-order valence-corrected chi connectivity index (χ3v) is 0.538. The van der Waals surface area contributed by atoms with E-state index in [0.717, 1.165) is 0 Å². The lowest BCUT2D eigenvalue weighted by atomic mass is 10.5. The number of carbonyl (C=O) groups excluding carboxylic acids is 1. The van der Waals surface area contributed by atoms with Gasteiger partial charge in [-0.1, -0.05) is 5.92 Å². The quantitative estimate of drug-likeness (QED) is 0.388. The van der Waals surface area contributed by atoms with Crippen molar-refractivity contribution in [2.75, 3.05) is 0 Å². The van der Waals surface area contributed by atoms with Crippen LogP contribution < -0.4 is 11.1 Å². The minimum absolute atomic E-state index is 0. The highest BCUT2D eigenvalue weighted by atomic mass is 35.5. The number of nitrogens with two attached hydrogens (primary N) is 1. The largest absolute Gasteiger partial charge is 0.331 e. The highest BCUT2D eigenvalue weighted by Gasteiger charge is 1.94. The van der Waals surface area contributed by atoms with Crippen molar-refractivity contribution in [3.8, 4) is 12.3 Å². The Morgan fingerprint density at radius 2 is 2.33 bits per heavy atom. The molecule has 0 saturated carbocycles. The fraction of sp³-hybridized carbons (Fsp3) is 0.400. The van der Waals surface area contributed by atoms with Crippen LogP contribution in [0.2, 0.25) is 0 Å². The maximum absolute atomic E-state index is 10.1. The van der Waals surface area contributed by atoms with E-state index in [0.29, 0.717) is 0 Å². The smallest absolute Gasteiger partial charge is 0.218 e. The number of amides is 1. The Hall–Kier alpha value is -0.720. The molecule has 0 aliphatic heterocycles. The predicted octanol–water partition coefficient (Wildman–Crippen LogP) is -0.538. The zero-order valence-electron chi connectivity index (χ0n) is 5.05. The Balaban J connectivity index is 0. The van der Waals surface area contributed by atoms with Crippen LogP contribution in [0.25, 0.3) is 0 Å².